The molecule has 26 heavy (non-hydrogen) atoms. The normalized spacial score (nSPS) is 16.6. The Morgan fingerprint density at radius 3 is 2.77 bits per heavy atom. The van der Waals surface area contributed by atoms with Crippen LogP contribution >= 0.6 is 0 Å². The Morgan fingerprint density at radius 1 is 1.27 bits per heavy atom. The van der Waals surface area contributed by atoms with Gasteiger partial charge in [-0.2, -0.15) is 4.98 Å². The predicted molar refractivity (Wildman–Crippen MR) is 90.1 cm³/mol. The minimum absolute atomic E-state index is 0.0526. The van der Waals surface area contributed by atoms with Crippen molar-refractivity contribution in [1.29, 1.82) is 0 Å². The maximum absolute atomic E-state index is 12.5. The second-order valence-corrected chi connectivity index (χ2v) is 6.14. The maximum Gasteiger partial charge on any atom is 0.259 e. The molecule has 4 rings (SSSR count). The van der Waals surface area contributed by atoms with E-state index in [1.807, 2.05) is 18.2 Å². The van der Waals surface area contributed by atoms with Gasteiger partial charge in [-0.1, -0.05) is 11.2 Å². The Labute approximate surface area is 149 Å². The average molecular weight is 354 g/mol. The number of furan rings is 1. The Balaban J connectivity index is 1.51. The van der Waals surface area contributed by atoms with E-state index < -0.39 is 5.60 Å². The zero-order chi connectivity index (χ0) is 18.0. The molecule has 8 heteroatoms. The predicted octanol–water partition coefficient (Wildman–Crippen LogP) is 2.50. The lowest BCUT2D eigenvalue weighted by Gasteiger charge is -2.38. The van der Waals surface area contributed by atoms with Gasteiger partial charge in [0.2, 0.25) is 5.82 Å². The van der Waals surface area contributed by atoms with E-state index in [1.165, 1.54) is 12.5 Å². The molecule has 0 N–H and O–H groups in total. The van der Waals surface area contributed by atoms with Gasteiger partial charge in [-0.3, -0.25) is 9.78 Å². The molecule has 1 saturated heterocycles. The largest absolute Gasteiger partial charge is 0.472 e. The van der Waals surface area contributed by atoms with Gasteiger partial charge < -0.3 is 18.6 Å². The van der Waals surface area contributed by atoms with Crippen LogP contribution in [0.15, 0.2) is 51.9 Å². The van der Waals surface area contributed by atoms with Crippen LogP contribution in [-0.2, 0) is 10.3 Å². The van der Waals surface area contributed by atoms with Crippen molar-refractivity contribution in [2.45, 2.75) is 18.4 Å². The molecule has 8 nitrogen and oxygen atoms in total. The first-order valence-electron chi connectivity index (χ1n) is 8.34. The lowest BCUT2D eigenvalue weighted by Crippen LogP contribution is -2.46. The minimum atomic E-state index is -0.701. The molecule has 0 bridgehead atoms. The topological polar surface area (TPSA) is 94.5 Å². The van der Waals surface area contributed by atoms with Crippen LogP contribution in [0.25, 0.3) is 11.5 Å². The fraction of sp³-hybridized carbons (Fsp3) is 0.333. The van der Waals surface area contributed by atoms with Crippen LogP contribution in [-0.4, -0.2) is 46.1 Å². The first kappa shape index (κ1) is 16.5. The summed E-state index contributed by atoms with van der Waals surface area (Å²) in [5.41, 5.74) is 0.485. The number of likely N-dealkylation sites (tertiary alicyclic amines) is 1. The molecule has 0 unspecified atom stereocenters. The summed E-state index contributed by atoms with van der Waals surface area (Å²) < 4.78 is 16.2. The van der Waals surface area contributed by atoms with Gasteiger partial charge in [-0.05, 0) is 18.2 Å². The SMILES string of the molecule is COC1(c2nc(-c3ccccn3)no2)CCN(C(=O)c2ccoc2)CC1. The molecule has 4 heterocycles. The summed E-state index contributed by atoms with van der Waals surface area (Å²) in [4.78, 5) is 22.9. The number of aromatic nitrogens is 3. The number of pyridine rings is 1. The number of carbonyl (C=O) groups is 1. The molecule has 1 amide bonds. The van der Waals surface area contributed by atoms with Crippen LogP contribution < -0.4 is 0 Å². The molecule has 1 aliphatic heterocycles. The molecular formula is C18H18N4O4. The van der Waals surface area contributed by atoms with Gasteiger partial charge in [-0.15, -0.1) is 0 Å². The smallest absolute Gasteiger partial charge is 0.259 e. The van der Waals surface area contributed by atoms with Crippen LogP contribution in [0.1, 0.15) is 29.1 Å². The van der Waals surface area contributed by atoms with Crippen molar-refractivity contribution in [3.05, 3.63) is 54.4 Å². The zero-order valence-corrected chi connectivity index (χ0v) is 14.3. The highest BCUT2D eigenvalue weighted by Crippen LogP contribution is 2.36. The fourth-order valence-electron chi connectivity index (χ4n) is 3.15. The van der Waals surface area contributed by atoms with Crippen molar-refractivity contribution in [1.82, 2.24) is 20.0 Å². The number of piperidine rings is 1. The molecule has 1 fully saturated rings. The van der Waals surface area contributed by atoms with Crippen LogP contribution in [0.5, 0.6) is 0 Å². The highest BCUT2D eigenvalue weighted by atomic mass is 16.5. The standard InChI is InChI=1S/C18H18N4O4/c1-24-18(17-20-15(21-26-17)14-4-2-3-8-19-14)6-9-22(10-7-18)16(23)13-5-11-25-12-13/h2-5,8,11-12H,6-7,9-10H2,1H3. The summed E-state index contributed by atoms with van der Waals surface area (Å²) in [7, 11) is 1.62. The van der Waals surface area contributed by atoms with E-state index in [0.29, 0.717) is 48.9 Å². The third-order valence-electron chi connectivity index (χ3n) is 4.73. The molecule has 0 radical (unpaired) electrons. The number of nitrogens with zero attached hydrogens (tertiary/aromatic N) is 4. The Kier molecular flexibility index (Phi) is 4.26. The summed E-state index contributed by atoms with van der Waals surface area (Å²) >= 11 is 0. The van der Waals surface area contributed by atoms with Gasteiger partial charge in [0, 0.05) is 39.2 Å². The van der Waals surface area contributed by atoms with E-state index in [4.69, 9.17) is 13.7 Å². The number of amides is 1. The van der Waals surface area contributed by atoms with Crippen LogP contribution in [0, 0.1) is 0 Å². The minimum Gasteiger partial charge on any atom is -0.472 e. The average Bonchev–Trinajstić information content (AvgIpc) is 3.40. The van der Waals surface area contributed by atoms with Gasteiger partial charge in [0.15, 0.2) is 0 Å². The number of carbonyl (C=O) groups excluding carboxylic acids is 1. The van der Waals surface area contributed by atoms with E-state index in [0.717, 1.165) is 0 Å². The number of methoxy groups -OCH3 is 1. The maximum atomic E-state index is 12.5. The van der Waals surface area contributed by atoms with E-state index >= 15 is 0 Å². The number of ether oxygens (including phenoxy) is 1. The van der Waals surface area contributed by atoms with Crippen molar-refractivity contribution in [3.63, 3.8) is 0 Å². The second-order valence-electron chi connectivity index (χ2n) is 6.14. The molecule has 3 aromatic rings. The molecule has 0 aliphatic carbocycles. The number of hydrogen-bond acceptors (Lipinski definition) is 7. The van der Waals surface area contributed by atoms with Crippen molar-refractivity contribution in [3.8, 4) is 11.5 Å². The van der Waals surface area contributed by atoms with Gasteiger partial charge >= 0.3 is 0 Å². The van der Waals surface area contributed by atoms with Gasteiger partial charge in [0.1, 0.15) is 17.6 Å². The molecular weight excluding hydrogens is 336 g/mol. The van der Waals surface area contributed by atoms with Gasteiger partial charge in [-0.25, -0.2) is 0 Å². The third-order valence-corrected chi connectivity index (χ3v) is 4.73. The molecule has 0 atom stereocenters. The summed E-state index contributed by atoms with van der Waals surface area (Å²) in [6.07, 6.45) is 5.76. The zero-order valence-electron chi connectivity index (χ0n) is 14.3. The van der Waals surface area contributed by atoms with E-state index in [2.05, 4.69) is 15.1 Å². The highest BCUT2D eigenvalue weighted by Gasteiger charge is 2.42. The Hall–Kier alpha value is -3.00. The first-order chi connectivity index (χ1) is 12.7. The van der Waals surface area contributed by atoms with Crippen LogP contribution in [0.3, 0.4) is 0 Å². The van der Waals surface area contributed by atoms with Crippen molar-refractivity contribution in [2.75, 3.05) is 20.2 Å². The fourth-order valence-corrected chi connectivity index (χ4v) is 3.15. The summed E-state index contributed by atoms with van der Waals surface area (Å²) in [6.45, 7) is 1.05. The van der Waals surface area contributed by atoms with Gasteiger partial charge in [0.25, 0.3) is 11.8 Å². The Morgan fingerprint density at radius 2 is 2.12 bits per heavy atom. The van der Waals surface area contributed by atoms with Crippen LogP contribution in [0.4, 0.5) is 0 Å². The molecule has 0 spiro atoms. The van der Waals surface area contributed by atoms with E-state index in [1.54, 1.807) is 24.3 Å². The number of hydrogen-bond donors (Lipinski definition) is 0. The summed E-state index contributed by atoms with van der Waals surface area (Å²) in [5, 5.41) is 4.03. The molecule has 134 valence electrons. The van der Waals surface area contributed by atoms with Crippen molar-refractivity contribution >= 4 is 5.91 Å². The molecule has 0 saturated carbocycles. The second kappa shape index (κ2) is 6.72. The van der Waals surface area contributed by atoms with Crippen LogP contribution in [0.2, 0.25) is 0 Å². The highest BCUT2D eigenvalue weighted by molar-refractivity contribution is 5.93. The quantitative estimate of drug-likeness (QED) is 0.710. The Bertz CT molecular complexity index is 868. The van der Waals surface area contributed by atoms with E-state index in [-0.39, 0.29) is 5.91 Å². The van der Waals surface area contributed by atoms with Crippen molar-refractivity contribution < 1.29 is 18.5 Å². The monoisotopic (exact) mass is 354 g/mol. The first-order valence-corrected chi connectivity index (χ1v) is 8.34. The lowest BCUT2D eigenvalue weighted by molar-refractivity contribution is -0.0779. The summed E-state index contributed by atoms with van der Waals surface area (Å²) in [6, 6.07) is 7.18. The number of rotatable bonds is 4. The molecule has 0 aromatic carbocycles. The van der Waals surface area contributed by atoms with Gasteiger partial charge in [0.05, 0.1) is 11.8 Å². The van der Waals surface area contributed by atoms with E-state index in [9.17, 15) is 4.79 Å². The summed E-state index contributed by atoms with van der Waals surface area (Å²) in [5.74, 6) is 0.785. The van der Waals surface area contributed by atoms with Crippen molar-refractivity contribution in [2.24, 2.45) is 0 Å². The molecule has 3 aromatic heterocycles. The molecule has 1 aliphatic rings. The third kappa shape index (κ3) is 2.88. The lowest BCUT2D eigenvalue weighted by atomic mass is 9.90.